The van der Waals surface area contributed by atoms with Crippen LogP contribution < -0.4 is 4.74 Å². The highest BCUT2D eigenvalue weighted by Gasteiger charge is 2.51. The molecule has 0 bridgehead atoms. The molecule has 2 aromatic carbocycles. The van der Waals surface area contributed by atoms with Crippen molar-refractivity contribution >= 4 is 5.97 Å². The Balaban J connectivity index is 2.16. The van der Waals surface area contributed by atoms with E-state index in [9.17, 15) is 15.0 Å². The zero-order valence-electron chi connectivity index (χ0n) is 9.98. The Labute approximate surface area is 109 Å². The number of hydrogen-bond acceptors (Lipinski definition) is 4. The normalized spacial score (nSPS) is 25.6. The van der Waals surface area contributed by atoms with Gasteiger partial charge < -0.3 is 14.9 Å². The smallest absolute Gasteiger partial charge is 0.351 e. The number of benzene rings is 2. The van der Waals surface area contributed by atoms with Crippen LogP contribution in [0.15, 0.2) is 54.6 Å². The van der Waals surface area contributed by atoms with Gasteiger partial charge in [0.2, 0.25) is 5.60 Å². The maximum atomic E-state index is 12.1. The number of carbonyl (C=O) groups is 1. The van der Waals surface area contributed by atoms with E-state index in [-0.39, 0.29) is 5.75 Å². The lowest BCUT2D eigenvalue weighted by atomic mass is 9.82. The van der Waals surface area contributed by atoms with Crippen molar-refractivity contribution in [2.75, 3.05) is 0 Å². The molecule has 0 spiro atoms. The highest BCUT2D eigenvalue weighted by Crippen LogP contribution is 2.43. The largest absolute Gasteiger partial charge is 0.424 e. The fourth-order valence-corrected chi connectivity index (χ4v) is 2.28. The van der Waals surface area contributed by atoms with E-state index >= 15 is 0 Å². The van der Waals surface area contributed by atoms with Crippen molar-refractivity contribution in [3.63, 3.8) is 0 Å². The molecule has 19 heavy (non-hydrogen) atoms. The Hall–Kier alpha value is -2.17. The molecular weight excluding hydrogens is 244 g/mol. The Morgan fingerprint density at radius 3 is 2.37 bits per heavy atom. The van der Waals surface area contributed by atoms with E-state index in [1.54, 1.807) is 54.6 Å². The van der Waals surface area contributed by atoms with Crippen LogP contribution in [0.4, 0.5) is 0 Å². The quantitative estimate of drug-likeness (QED) is 0.599. The summed E-state index contributed by atoms with van der Waals surface area (Å²) < 4.78 is 5.12. The Morgan fingerprint density at radius 2 is 1.63 bits per heavy atom. The number of hydrogen-bond donors (Lipinski definition) is 2. The van der Waals surface area contributed by atoms with E-state index in [0.29, 0.717) is 11.1 Å². The first-order valence-corrected chi connectivity index (χ1v) is 5.91. The zero-order valence-corrected chi connectivity index (χ0v) is 9.98. The van der Waals surface area contributed by atoms with E-state index in [1.807, 2.05) is 0 Å². The molecule has 2 aromatic rings. The van der Waals surface area contributed by atoms with E-state index in [1.165, 1.54) is 0 Å². The molecule has 4 heteroatoms. The van der Waals surface area contributed by atoms with Crippen LogP contribution in [-0.4, -0.2) is 16.2 Å². The van der Waals surface area contributed by atoms with E-state index in [4.69, 9.17) is 4.74 Å². The fourth-order valence-electron chi connectivity index (χ4n) is 2.28. The molecule has 0 saturated carbocycles. The maximum Gasteiger partial charge on any atom is 0.351 e. The minimum Gasteiger partial charge on any atom is -0.424 e. The molecule has 0 radical (unpaired) electrons. The summed E-state index contributed by atoms with van der Waals surface area (Å²) in [7, 11) is 0. The highest BCUT2D eigenvalue weighted by atomic mass is 16.6. The van der Waals surface area contributed by atoms with Crippen LogP contribution in [0.2, 0.25) is 0 Å². The van der Waals surface area contributed by atoms with Gasteiger partial charge in [-0.15, -0.1) is 0 Å². The molecular formula is C15H12O4. The van der Waals surface area contributed by atoms with E-state index in [0.717, 1.165) is 0 Å². The number of ether oxygens (including phenoxy) is 1. The molecule has 2 unspecified atom stereocenters. The Bertz CT molecular complexity index is 623. The Kier molecular flexibility index (Phi) is 2.62. The minimum atomic E-state index is -2.07. The SMILES string of the molecule is O=C1Oc2ccccc2C(O)C1(O)c1ccccc1. The third-order valence-electron chi connectivity index (χ3n) is 3.34. The van der Waals surface area contributed by atoms with Gasteiger partial charge in [-0.2, -0.15) is 0 Å². The molecule has 3 rings (SSSR count). The van der Waals surface area contributed by atoms with Gasteiger partial charge in [0.1, 0.15) is 11.9 Å². The predicted molar refractivity (Wildman–Crippen MR) is 67.4 cm³/mol. The van der Waals surface area contributed by atoms with Crippen molar-refractivity contribution in [1.29, 1.82) is 0 Å². The first kappa shape index (κ1) is 11.9. The molecule has 4 nitrogen and oxygen atoms in total. The van der Waals surface area contributed by atoms with Crippen LogP contribution in [0, 0.1) is 0 Å². The Morgan fingerprint density at radius 1 is 1.00 bits per heavy atom. The summed E-state index contributed by atoms with van der Waals surface area (Å²) in [6.45, 7) is 0. The van der Waals surface area contributed by atoms with Gasteiger partial charge in [0, 0.05) is 5.56 Å². The summed E-state index contributed by atoms with van der Waals surface area (Å²) in [4.78, 5) is 12.1. The van der Waals surface area contributed by atoms with Crippen molar-refractivity contribution in [1.82, 2.24) is 0 Å². The predicted octanol–water partition coefficient (Wildman–Crippen LogP) is 1.53. The van der Waals surface area contributed by atoms with Gasteiger partial charge in [0.25, 0.3) is 0 Å². The summed E-state index contributed by atoms with van der Waals surface area (Å²) >= 11 is 0. The van der Waals surface area contributed by atoms with Gasteiger partial charge in [0.05, 0.1) is 0 Å². The summed E-state index contributed by atoms with van der Waals surface area (Å²) in [6.07, 6.45) is -1.35. The second kappa shape index (κ2) is 4.19. The highest BCUT2D eigenvalue weighted by molar-refractivity contribution is 5.86. The summed E-state index contributed by atoms with van der Waals surface area (Å²) in [5.74, 6) is -0.592. The molecule has 1 aliphatic heterocycles. The monoisotopic (exact) mass is 256 g/mol. The lowest BCUT2D eigenvalue weighted by Gasteiger charge is -2.35. The average Bonchev–Trinajstić information content (AvgIpc) is 2.46. The van der Waals surface area contributed by atoms with Gasteiger partial charge in [-0.25, -0.2) is 4.79 Å². The zero-order chi connectivity index (χ0) is 13.5. The average molecular weight is 256 g/mol. The number of aliphatic hydroxyl groups is 2. The molecule has 0 fully saturated rings. The second-order valence-corrected chi connectivity index (χ2v) is 4.46. The molecule has 0 aliphatic carbocycles. The fraction of sp³-hybridized carbons (Fsp3) is 0.133. The van der Waals surface area contributed by atoms with Gasteiger partial charge in [-0.1, -0.05) is 48.5 Å². The molecule has 96 valence electrons. The number of carbonyl (C=O) groups excluding carboxylic acids is 1. The van der Waals surface area contributed by atoms with Gasteiger partial charge in [-0.3, -0.25) is 0 Å². The van der Waals surface area contributed by atoms with Crippen molar-refractivity contribution in [2.45, 2.75) is 11.7 Å². The first-order valence-electron chi connectivity index (χ1n) is 5.91. The minimum absolute atomic E-state index is 0.278. The third-order valence-corrected chi connectivity index (χ3v) is 3.34. The lowest BCUT2D eigenvalue weighted by Crippen LogP contribution is -2.47. The molecule has 1 aliphatic rings. The first-order chi connectivity index (χ1) is 9.14. The van der Waals surface area contributed by atoms with Crippen LogP contribution in [0.1, 0.15) is 17.2 Å². The topological polar surface area (TPSA) is 66.8 Å². The van der Waals surface area contributed by atoms with Gasteiger partial charge in [-0.05, 0) is 11.6 Å². The van der Waals surface area contributed by atoms with Crippen LogP contribution in [0.25, 0.3) is 0 Å². The second-order valence-electron chi connectivity index (χ2n) is 4.46. The molecule has 2 N–H and O–H groups in total. The maximum absolute atomic E-state index is 12.1. The molecule has 0 aromatic heterocycles. The van der Waals surface area contributed by atoms with Gasteiger partial charge in [0.15, 0.2) is 0 Å². The summed E-state index contributed by atoms with van der Waals surface area (Å²) in [6, 6.07) is 14.9. The molecule has 2 atom stereocenters. The van der Waals surface area contributed by atoms with E-state index < -0.39 is 17.7 Å². The van der Waals surface area contributed by atoms with Crippen molar-refractivity contribution in [3.05, 3.63) is 65.7 Å². The number of aliphatic hydroxyl groups excluding tert-OH is 1. The van der Waals surface area contributed by atoms with Crippen LogP contribution in [0.5, 0.6) is 5.75 Å². The number of para-hydroxylation sites is 1. The van der Waals surface area contributed by atoms with Crippen LogP contribution in [0.3, 0.4) is 0 Å². The van der Waals surface area contributed by atoms with Crippen molar-refractivity contribution in [2.24, 2.45) is 0 Å². The third kappa shape index (κ3) is 1.65. The van der Waals surface area contributed by atoms with E-state index in [2.05, 4.69) is 0 Å². The van der Waals surface area contributed by atoms with Crippen molar-refractivity contribution in [3.8, 4) is 5.75 Å². The number of fused-ring (bicyclic) bond motifs is 1. The molecule has 1 heterocycles. The molecule has 0 saturated heterocycles. The lowest BCUT2D eigenvalue weighted by molar-refractivity contribution is -0.176. The standard InChI is InChI=1S/C15H12O4/c16-13-11-8-4-5-9-12(11)19-14(17)15(13,18)10-6-2-1-3-7-10/h1-9,13,16,18H. The summed E-state index contributed by atoms with van der Waals surface area (Å²) in [5.41, 5.74) is -1.37. The van der Waals surface area contributed by atoms with Crippen LogP contribution >= 0.6 is 0 Å². The van der Waals surface area contributed by atoms with Crippen molar-refractivity contribution < 1.29 is 19.7 Å². The van der Waals surface area contributed by atoms with Gasteiger partial charge >= 0.3 is 5.97 Å². The molecule has 0 amide bonds. The number of rotatable bonds is 1. The summed E-state index contributed by atoms with van der Waals surface area (Å²) in [5, 5.41) is 21.0. The number of esters is 1. The van der Waals surface area contributed by atoms with Crippen LogP contribution in [-0.2, 0) is 10.4 Å².